The quantitative estimate of drug-likeness (QED) is 0.666. The molecule has 0 saturated carbocycles. The van der Waals surface area contributed by atoms with Crippen molar-refractivity contribution in [2.75, 3.05) is 18.8 Å². The third-order valence-corrected chi connectivity index (χ3v) is 4.60. The predicted molar refractivity (Wildman–Crippen MR) is 75.4 cm³/mol. The summed E-state index contributed by atoms with van der Waals surface area (Å²) >= 11 is 1.54. The van der Waals surface area contributed by atoms with Crippen LogP contribution >= 0.6 is 11.3 Å². The Bertz CT molecular complexity index is 416. The van der Waals surface area contributed by atoms with Crippen LogP contribution in [0.1, 0.15) is 25.3 Å². The first-order chi connectivity index (χ1) is 8.49. The highest BCUT2D eigenvalue weighted by atomic mass is 32.2. The summed E-state index contributed by atoms with van der Waals surface area (Å²) in [7, 11) is -3.15. The fraction of sp³-hybridized carbons (Fsp3) is 0.727. The molecule has 0 aliphatic rings. The highest BCUT2D eigenvalue weighted by Crippen LogP contribution is 2.03. The van der Waals surface area contributed by atoms with Crippen molar-refractivity contribution in [3.8, 4) is 0 Å². The summed E-state index contributed by atoms with van der Waals surface area (Å²) < 4.78 is 25.9. The summed E-state index contributed by atoms with van der Waals surface area (Å²) in [4.78, 5) is 4.10. The first kappa shape index (κ1) is 15.6. The Labute approximate surface area is 113 Å². The van der Waals surface area contributed by atoms with E-state index in [0.717, 1.165) is 11.6 Å². The minimum absolute atomic E-state index is 0.171. The van der Waals surface area contributed by atoms with Crippen molar-refractivity contribution in [3.63, 3.8) is 0 Å². The van der Waals surface area contributed by atoms with Crippen molar-refractivity contribution in [3.05, 3.63) is 16.6 Å². The summed E-state index contributed by atoms with van der Waals surface area (Å²) in [5.41, 5.74) is 0. The van der Waals surface area contributed by atoms with E-state index in [1.807, 2.05) is 19.2 Å². The molecule has 0 saturated heterocycles. The zero-order valence-electron chi connectivity index (χ0n) is 10.8. The maximum Gasteiger partial charge on any atom is 0.211 e. The molecule has 0 unspecified atom stereocenters. The minimum atomic E-state index is -3.15. The predicted octanol–water partition coefficient (Wildman–Crippen LogP) is 0.993. The van der Waals surface area contributed by atoms with Crippen molar-refractivity contribution in [2.24, 2.45) is 0 Å². The van der Waals surface area contributed by atoms with Gasteiger partial charge in [0.15, 0.2) is 0 Å². The Balaban J connectivity index is 2.15. The Kier molecular flexibility index (Phi) is 6.77. The first-order valence-electron chi connectivity index (χ1n) is 6.09. The van der Waals surface area contributed by atoms with Crippen LogP contribution in [0.25, 0.3) is 0 Å². The number of hydrogen-bond acceptors (Lipinski definition) is 5. The van der Waals surface area contributed by atoms with Crippen LogP contribution in [0.15, 0.2) is 11.6 Å². The number of thiazole rings is 1. The molecule has 5 nitrogen and oxygen atoms in total. The summed E-state index contributed by atoms with van der Waals surface area (Å²) in [6, 6.07) is 0.394. The fourth-order valence-electron chi connectivity index (χ4n) is 1.41. The molecule has 0 aliphatic carbocycles. The van der Waals surface area contributed by atoms with Crippen LogP contribution in [0.3, 0.4) is 0 Å². The summed E-state index contributed by atoms with van der Waals surface area (Å²) in [6.45, 7) is 5.24. The van der Waals surface area contributed by atoms with Crippen LogP contribution < -0.4 is 10.0 Å². The van der Waals surface area contributed by atoms with Gasteiger partial charge < -0.3 is 5.32 Å². The molecule has 0 bridgehead atoms. The zero-order valence-corrected chi connectivity index (χ0v) is 12.5. The van der Waals surface area contributed by atoms with E-state index >= 15 is 0 Å². The van der Waals surface area contributed by atoms with E-state index < -0.39 is 10.0 Å². The normalized spacial score (nSPS) is 12.2. The number of nitrogens with one attached hydrogen (secondary N) is 2. The van der Waals surface area contributed by atoms with Gasteiger partial charge in [-0.2, -0.15) is 0 Å². The van der Waals surface area contributed by atoms with Gasteiger partial charge in [-0.3, -0.25) is 0 Å². The average molecular weight is 291 g/mol. The van der Waals surface area contributed by atoms with Gasteiger partial charge in [0.25, 0.3) is 0 Å². The van der Waals surface area contributed by atoms with Gasteiger partial charge in [-0.15, -0.1) is 11.3 Å². The van der Waals surface area contributed by atoms with Gasteiger partial charge in [0.2, 0.25) is 10.0 Å². The van der Waals surface area contributed by atoms with E-state index in [1.54, 1.807) is 17.5 Å². The van der Waals surface area contributed by atoms with Crippen molar-refractivity contribution < 1.29 is 8.42 Å². The Hall–Kier alpha value is -0.500. The molecule has 2 N–H and O–H groups in total. The third kappa shape index (κ3) is 7.05. The molecule has 0 fully saturated rings. The van der Waals surface area contributed by atoms with E-state index in [4.69, 9.17) is 0 Å². The molecule has 0 spiro atoms. The number of nitrogens with zero attached hydrogens (tertiary/aromatic N) is 1. The molecule has 0 radical (unpaired) electrons. The van der Waals surface area contributed by atoms with Crippen LogP contribution in [-0.2, 0) is 16.4 Å². The molecule has 1 aromatic heterocycles. The molecule has 104 valence electrons. The van der Waals surface area contributed by atoms with E-state index in [2.05, 4.69) is 15.0 Å². The van der Waals surface area contributed by atoms with Gasteiger partial charge >= 0.3 is 0 Å². The smallest absolute Gasteiger partial charge is 0.211 e. The van der Waals surface area contributed by atoms with Gasteiger partial charge in [0.1, 0.15) is 0 Å². The number of rotatable bonds is 9. The van der Waals surface area contributed by atoms with Crippen molar-refractivity contribution >= 4 is 21.4 Å². The molecule has 0 atom stereocenters. The van der Waals surface area contributed by atoms with Gasteiger partial charge in [0.05, 0.1) is 10.8 Å². The highest BCUT2D eigenvalue weighted by Gasteiger charge is 2.09. The van der Waals surface area contributed by atoms with E-state index in [9.17, 15) is 8.42 Å². The van der Waals surface area contributed by atoms with Crippen molar-refractivity contribution in [1.29, 1.82) is 0 Å². The van der Waals surface area contributed by atoms with Crippen LogP contribution in [0.4, 0.5) is 0 Å². The van der Waals surface area contributed by atoms with Gasteiger partial charge in [-0.05, 0) is 13.0 Å². The van der Waals surface area contributed by atoms with Crippen molar-refractivity contribution in [1.82, 2.24) is 15.0 Å². The molecule has 7 heteroatoms. The van der Waals surface area contributed by atoms with Gasteiger partial charge in [-0.25, -0.2) is 18.1 Å². The van der Waals surface area contributed by atoms with Crippen LogP contribution in [0.2, 0.25) is 0 Å². The second-order valence-corrected chi connectivity index (χ2v) is 7.26. The lowest BCUT2D eigenvalue weighted by Crippen LogP contribution is -2.31. The Morgan fingerprint density at radius 3 is 2.78 bits per heavy atom. The maximum absolute atomic E-state index is 11.6. The highest BCUT2D eigenvalue weighted by molar-refractivity contribution is 7.89. The lowest BCUT2D eigenvalue weighted by Gasteiger charge is -2.08. The molecular formula is C11H21N3O2S2. The molecule has 0 amide bonds. The third-order valence-electron chi connectivity index (χ3n) is 2.29. The second kappa shape index (κ2) is 7.83. The Morgan fingerprint density at radius 2 is 2.17 bits per heavy atom. The van der Waals surface area contributed by atoms with E-state index in [1.165, 1.54) is 0 Å². The molecule has 1 heterocycles. The topological polar surface area (TPSA) is 71.1 Å². The summed E-state index contributed by atoms with van der Waals surface area (Å²) in [5, 5.41) is 6.04. The zero-order chi connectivity index (χ0) is 13.4. The lowest BCUT2D eigenvalue weighted by molar-refractivity contribution is 0.561. The molecule has 0 aromatic carbocycles. The van der Waals surface area contributed by atoms with Gasteiger partial charge in [-0.1, -0.05) is 13.8 Å². The van der Waals surface area contributed by atoms with E-state index in [0.29, 0.717) is 25.4 Å². The number of aromatic nitrogens is 1. The van der Waals surface area contributed by atoms with Crippen molar-refractivity contribution in [2.45, 2.75) is 32.7 Å². The van der Waals surface area contributed by atoms with Crippen LogP contribution in [0.5, 0.6) is 0 Å². The standard InChI is InChI=1S/C11H21N3O2S2/c1-10(2)12-5-3-9-18(15,16)14-6-4-11-13-7-8-17-11/h7-8,10,12,14H,3-6,9H2,1-2H3. The largest absolute Gasteiger partial charge is 0.314 e. The SMILES string of the molecule is CC(C)NCCCS(=O)(=O)NCCc1nccs1. The molecule has 18 heavy (non-hydrogen) atoms. The monoisotopic (exact) mass is 291 g/mol. The molecule has 1 rings (SSSR count). The molecular weight excluding hydrogens is 270 g/mol. The van der Waals surface area contributed by atoms with Crippen LogP contribution in [0, 0.1) is 0 Å². The molecule has 1 aromatic rings. The molecule has 0 aliphatic heterocycles. The fourth-order valence-corrected chi connectivity index (χ4v) is 3.12. The minimum Gasteiger partial charge on any atom is -0.314 e. The summed E-state index contributed by atoms with van der Waals surface area (Å²) in [5.74, 6) is 0.171. The number of hydrogen-bond donors (Lipinski definition) is 2. The second-order valence-electron chi connectivity index (χ2n) is 4.35. The Morgan fingerprint density at radius 1 is 1.39 bits per heavy atom. The maximum atomic E-state index is 11.6. The first-order valence-corrected chi connectivity index (χ1v) is 8.62. The summed E-state index contributed by atoms with van der Waals surface area (Å²) in [6.07, 6.45) is 3.01. The van der Waals surface area contributed by atoms with Crippen LogP contribution in [-0.4, -0.2) is 38.3 Å². The number of sulfonamides is 1. The van der Waals surface area contributed by atoms with Gasteiger partial charge in [0, 0.05) is 30.6 Å². The lowest BCUT2D eigenvalue weighted by atomic mass is 10.4. The van der Waals surface area contributed by atoms with E-state index in [-0.39, 0.29) is 5.75 Å². The average Bonchev–Trinajstić information content (AvgIpc) is 2.77.